The first-order valence-electron chi connectivity index (χ1n) is 7.28. The molecule has 0 unspecified atom stereocenters. The second-order valence-electron chi connectivity index (χ2n) is 5.89. The Labute approximate surface area is 129 Å². The zero-order valence-corrected chi connectivity index (χ0v) is 12.1. The lowest BCUT2D eigenvalue weighted by Crippen LogP contribution is -2.61. The molecule has 2 aromatic rings. The maximum Gasteiger partial charge on any atom is 0.416 e. The molecule has 2 aliphatic heterocycles. The lowest BCUT2D eigenvalue weighted by Gasteiger charge is -2.50. The van der Waals surface area contributed by atoms with Gasteiger partial charge in [0.15, 0.2) is 5.69 Å². The minimum atomic E-state index is -0.633. The Kier molecular flexibility index (Phi) is 3.07. The summed E-state index contributed by atoms with van der Waals surface area (Å²) in [5.41, 5.74) is 0.489. The number of hydrogen-bond donors (Lipinski definition) is 1. The van der Waals surface area contributed by atoms with Gasteiger partial charge in [0.1, 0.15) is 18.2 Å². The van der Waals surface area contributed by atoms with Crippen LogP contribution in [0.2, 0.25) is 0 Å². The zero-order valence-electron chi connectivity index (χ0n) is 12.1. The minimum Gasteiger partial charge on any atom is -0.416 e. The molecule has 0 aliphatic carbocycles. The standard InChI is InChI=1S/C14H14N4O5/c19-12(10-1-2-23-16-10)17-3-8(4-17)9-5-18(6-9)13(20)11-7-22-14(21)15-11/h1-2,7-9H,3-6H2,(H,15,21). The van der Waals surface area contributed by atoms with Crippen molar-refractivity contribution < 1.29 is 18.5 Å². The van der Waals surface area contributed by atoms with Crippen LogP contribution in [-0.4, -0.2) is 57.9 Å². The van der Waals surface area contributed by atoms with E-state index in [1.807, 2.05) is 0 Å². The van der Waals surface area contributed by atoms with Crippen molar-refractivity contribution >= 4 is 11.8 Å². The summed E-state index contributed by atoms with van der Waals surface area (Å²) in [7, 11) is 0. The predicted molar refractivity (Wildman–Crippen MR) is 74.6 cm³/mol. The number of aromatic nitrogens is 2. The van der Waals surface area contributed by atoms with Crippen LogP contribution < -0.4 is 5.76 Å². The van der Waals surface area contributed by atoms with E-state index in [9.17, 15) is 14.4 Å². The van der Waals surface area contributed by atoms with Crippen LogP contribution in [0.25, 0.3) is 0 Å². The van der Waals surface area contributed by atoms with Crippen molar-refractivity contribution in [1.82, 2.24) is 19.9 Å². The maximum atomic E-state index is 12.1. The van der Waals surface area contributed by atoms with E-state index >= 15 is 0 Å². The minimum absolute atomic E-state index is 0.127. The number of carbonyl (C=O) groups is 2. The number of oxazole rings is 1. The van der Waals surface area contributed by atoms with E-state index in [1.54, 1.807) is 15.9 Å². The van der Waals surface area contributed by atoms with Crippen molar-refractivity contribution in [3.05, 3.63) is 40.5 Å². The lowest BCUT2D eigenvalue weighted by atomic mass is 9.80. The summed E-state index contributed by atoms with van der Waals surface area (Å²) in [5.74, 6) is -0.233. The van der Waals surface area contributed by atoms with Crippen molar-refractivity contribution in [3.63, 3.8) is 0 Å². The fourth-order valence-corrected chi connectivity index (χ4v) is 2.99. The van der Waals surface area contributed by atoms with Gasteiger partial charge in [0.05, 0.1) is 0 Å². The third-order valence-corrected chi connectivity index (χ3v) is 4.47. The Hall–Kier alpha value is -2.84. The van der Waals surface area contributed by atoms with Gasteiger partial charge in [-0.05, 0) is 0 Å². The molecule has 2 aliphatic rings. The average molecular weight is 318 g/mol. The molecule has 2 fully saturated rings. The van der Waals surface area contributed by atoms with E-state index in [1.165, 1.54) is 6.26 Å². The third kappa shape index (κ3) is 2.33. The van der Waals surface area contributed by atoms with Crippen LogP contribution in [0.5, 0.6) is 0 Å². The van der Waals surface area contributed by atoms with E-state index in [0.29, 0.717) is 43.7 Å². The van der Waals surface area contributed by atoms with Crippen LogP contribution in [0.4, 0.5) is 0 Å². The number of carbonyl (C=O) groups excluding carboxylic acids is 2. The molecule has 0 spiro atoms. The van der Waals surface area contributed by atoms with Gasteiger partial charge < -0.3 is 18.7 Å². The number of H-pyrrole nitrogens is 1. The number of likely N-dealkylation sites (tertiary alicyclic amines) is 2. The van der Waals surface area contributed by atoms with Gasteiger partial charge in [-0.2, -0.15) is 0 Å². The molecule has 2 saturated heterocycles. The Balaban J connectivity index is 1.27. The first kappa shape index (κ1) is 13.8. The molecule has 0 atom stereocenters. The normalized spacial score (nSPS) is 18.6. The zero-order chi connectivity index (χ0) is 16.0. The van der Waals surface area contributed by atoms with Crippen LogP contribution in [0.15, 0.2) is 32.3 Å². The van der Waals surface area contributed by atoms with Gasteiger partial charge >= 0.3 is 5.76 Å². The van der Waals surface area contributed by atoms with E-state index in [2.05, 4.69) is 19.1 Å². The lowest BCUT2D eigenvalue weighted by molar-refractivity contribution is -0.00934. The van der Waals surface area contributed by atoms with Crippen LogP contribution in [-0.2, 0) is 0 Å². The number of nitrogens with zero attached hydrogens (tertiary/aromatic N) is 3. The summed E-state index contributed by atoms with van der Waals surface area (Å²) in [6.07, 6.45) is 2.51. The monoisotopic (exact) mass is 318 g/mol. The smallest absolute Gasteiger partial charge is 0.416 e. The summed E-state index contributed by atoms with van der Waals surface area (Å²) in [5, 5.41) is 3.64. The molecular formula is C14H14N4O5. The van der Waals surface area contributed by atoms with Gasteiger partial charge in [0.2, 0.25) is 0 Å². The summed E-state index contributed by atoms with van der Waals surface area (Å²) in [6, 6.07) is 1.55. The maximum absolute atomic E-state index is 12.1. The second kappa shape index (κ2) is 5.11. The number of rotatable bonds is 3. The number of hydrogen-bond acceptors (Lipinski definition) is 6. The summed E-state index contributed by atoms with van der Waals surface area (Å²) in [6.45, 7) is 2.59. The molecule has 1 N–H and O–H groups in total. The van der Waals surface area contributed by atoms with Gasteiger partial charge in [0.25, 0.3) is 11.8 Å². The Bertz CT molecular complexity index is 780. The largest absolute Gasteiger partial charge is 0.416 e. The van der Waals surface area contributed by atoms with Crippen molar-refractivity contribution in [2.24, 2.45) is 11.8 Å². The van der Waals surface area contributed by atoms with Gasteiger partial charge in [-0.25, -0.2) is 4.79 Å². The molecule has 9 nitrogen and oxygen atoms in total. The third-order valence-electron chi connectivity index (χ3n) is 4.47. The number of aromatic amines is 1. The van der Waals surface area contributed by atoms with E-state index in [4.69, 9.17) is 0 Å². The summed E-state index contributed by atoms with van der Waals surface area (Å²) < 4.78 is 9.24. The van der Waals surface area contributed by atoms with Crippen molar-refractivity contribution in [2.45, 2.75) is 0 Å². The molecule has 23 heavy (non-hydrogen) atoms. The van der Waals surface area contributed by atoms with Crippen molar-refractivity contribution in [3.8, 4) is 0 Å². The highest BCUT2D eigenvalue weighted by Gasteiger charge is 2.43. The van der Waals surface area contributed by atoms with Crippen molar-refractivity contribution in [2.75, 3.05) is 26.2 Å². The SMILES string of the molecule is O=C(c1ccon1)N1CC(C2CN(C(=O)c3coc(=O)[nH]3)C2)C1. The molecular weight excluding hydrogens is 304 g/mol. The molecule has 2 aromatic heterocycles. The van der Waals surface area contributed by atoms with E-state index in [-0.39, 0.29) is 17.5 Å². The molecule has 120 valence electrons. The molecule has 4 rings (SSSR count). The number of nitrogens with one attached hydrogen (secondary N) is 1. The molecule has 9 heteroatoms. The fourth-order valence-electron chi connectivity index (χ4n) is 2.99. The summed E-state index contributed by atoms with van der Waals surface area (Å²) >= 11 is 0. The van der Waals surface area contributed by atoms with Gasteiger partial charge in [0, 0.05) is 44.1 Å². The Morgan fingerprint density at radius 2 is 1.78 bits per heavy atom. The first-order chi connectivity index (χ1) is 11.1. The van der Waals surface area contributed by atoms with Crippen LogP contribution in [0, 0.1) is 11.8 Å². The number of amides is 2. The molecule has 0 bridgehead atoms. The van der Waals surface area contributed by atoms with Gasteiger partial charge in [-0.1, -0.05) is 5.16 Å². The van der Waals surface area contributed by atoms with Crippen LogP contribution in [0.1, 0.15) is 21.0 Å². The second-order valence-corrected chi connectivity index (χ2v) is 5.89. The molecule has 0 radical (unpaired) electrons. The van der Waals surface area contributed by atoms with Gasteiger partial charge in [-0.3, -0.25) is 14.6 Å². The van der Waals surface area contributed by atoms with E-state index < -0.39 is 5.76 Å². The predicted octanol–water partition coefficient (Wildman–Crippen LogP) is -0.200. The molecule has 2 amide bonds. The van der Waals surface area contributed by atoms with Gasteiger partial charge in [-0.15, -0.1) is 0 Å². The highest BCUT2D eigenvalue weighted by atomic mass is 16.5. The van der Waals surface area contributed by atoms with Crippen LogP contribution >= 0.6 is 0 Å². The van der Waals surface area contributed by atoms with Crippen LogP contribution in [0.3, 0.4) is 0 Å². The highest BCUT2D eigenvalue weighted by Crippen LogP contribution is 2.32. The quantitative estimate of drug-likeness (QED) is 0.838. The Morgan fingerprint density at radius 3 is 2.30 bits per heavy atom. The highest BCUT2D eigenvalue weighted by molar-refractivity contribution is 5.93. The summed E-state index contributed by atoms with van der Waals surface area (Å²) in [4.78, 5) is 40.7. The average Bonchev–Trinajstić information content (AvgIpc) is 3.09. The Morgan fingerprint density at radius 1 is 1.13 bits per heavy atom. The first-order valence-corrected chi connectivity index (χ1v) is 7.28. The fraction of sp³-hybridized carbons (Fsp3) is 0.429. The van der Waals surface area contributed by atoms with Crippen molar-refractivity contribution in [1.29, 1.82) is 0 Å². The van der Waals surface area contributed by atoms with E-state index in [0.717, 1.165) is 6.26 Å². The molecule has 0 saturated carbocycles. The molecule has 4 heterocycles. The topological polar surface area (TPSA) is 113 Å². The molecule has 0 aromatic carbocycles.